The Labute approximate surface area is 134 Å². The van der Waals surface area contributed by atoms with Crippen LogP contribution in [0, 0.1) is 0 Å². The predicted molar refractivity (Wildman–Crippen MR) is 85.4 cm³/mol. The highest BCUT2D eigenvalue weighted by atomic mass is 16.5. The lowest BCUT2D eigenvalue weighted by Gasteiger charge is -2.13. The fourth-order valence-corrected chi connectivity index (χ4v) is 1.98. The SMILES string of the molecule is CC(C)Oc1cc(OCC(=O)c2ccccc2)cc(C(=O)O)c1. The molecule has 5 heteroatoms. The molecule has 120 valence electrons. The van der Waals surface area contributed by atoms with E-state index in [0.717, 1.165) is 0 Å². The minimum absolute atomic E-state index is 0.0466. The smallest absolute Gasteiger partial charge is 0.335 e. The van der Waals surface area contributed by atoms with Gasteiger partial charge in [0.05, 0.1) is 11.7 Å². The summed E-state index contributed by atoms with van der Waals surface area (Å²) in [6.45, 7) is 3.51. The van der Waals surface area contributed by atoms with Crippen LogP contribution in [0.25, 0.3) is 0 Å². The molecule has 0 amide bonds. The zero-order chi connectivity index (χ0) is 16.8. The first-order valence-electron chi connectivity index (χ1n) is 7.22. The van der Waals surface area contributed by atoms with Crippen LogP contribution in [0.1, 0.15) is 34.6 Å². The highest BCUT2D eigenvalue weighted by Crippen LogP contribution is 2.24. The third-order valence-corrected chi connectivity index (χ3v) is 2.96. The third kappa shape index (κ3) is 4.85. The lowest BCUT2D eigenvalue weighted by atomic mass is 10.1. The van der Waals surface area contributed by atoms with E-state index in [0.29, 0.717) is 11.3 Å². The van der Waals surface area contributed by atoms with Crippen molar-refractivity contribution in [1.82, 2.24) is 0 Å². The number of carbonyl (C=O) groups excluding carboxylic acids is 1. The molecule has 0 atom stereocenters. The van der Waals surface area contributed by atoms with E-state index in [9.17, 15) is 9.59 Å². The van der Waals surface area contributed by atoms with Gasteiger partial charge >= 0.3 is 5.97 Å². The molecule has 5 nitrogen and oxygen atoms in total. The average Bonchev–Trinajstić information content (AvgIpc) is 2.52. The first-order chi connectivity index (χ1) is 11.0. The van der Waals surface area contributed by atoms with Gasteiger partial charge in [-0.2, -0.15) is 0 Å². The van der Waals surface area contributed by atoms with E-state index >= 15 is 0 Å². The first-order valence-corrected chi connectivity index (χ1v) is 7.22. The maximum atomic E-state index is 12.0. The van der Waals surface area contributed by atoms with Gasteiger partial charge < -0.3 is 14.6 Å². The summed E-state index contributed by atoms with van der Waals surface area (Å²) in [5, 5.41) is 9.15. The number of hydrogen-bond acceptors (Lipinski definition) is 4. The summed E-state index contributed by atoms with van der Waals surface area (Å²) >= 11 is 0. The van der Waals surface area contributed by atoms with Crippen molar-refractivity contribution in [3.8, 4) is 11.5 Å². The molecule has 0 bridgehead atoms. The summed E-state index contributed by atoms with van der Waals surface area (Å²) in [7, 11) is 0. The normalized spacial score (nSPS) is 10.4. The van der Waals surface area contributed by atoms with E-state index in [2.05, 4.69) is 0 Å². The molecule has 0 spiro atoms. The number of aromatic carboxylic acids is 1. The molecule has 2 aromatic rings. The summed E-state index contributed by atoms with van der Waals surface area (Å²) < 4.78 is 11.0. The highest BCUT2D eigenvalue weighted by molar-refractivity contribution is 5.97. The van der Waals surface area contributed by atoms with Gasteiger partial charge in [-0.3, -0.25) is 4.79 Å². The van der Waals surface area contributed by atoms with Crippen molar-refractivity contribution in [2.75, 3.05) is 6.61 Å². The van der Waals surface area contributed by atoms with Crippen molar-refractivity contribution in [2.45, 2.75) is 20.0 Å². The van der Waals surface area contributed by atoms with Gasteiger partial charge in [-0.05, 0) is 26.0 Å². The van der Waals surface area contributed by atoms with Gasteiger partial charge in [-0.25, -0.2) is 4.79 Å². The van der Waals surface area contributed by atoms with Crippen LogP contribution in [0.4, 0.5) is 0 Å². The zero-order valence-electron chi connectivity index (χ0n) is 13.0. The second-order valence-electron chi connectivity index (χ2n) is 5.24. The van der Waals surface area contributed by atoms with E-state index in [4.69, 9.17) is 14.6 Å². The van der Waals surface area contributed by atoms with E-state index in [-0.39, 0.29) is 29.8 Å². The van der Waals surface area contributed by atoms with Gasteiger partial charge in [0.15, 0.2) is 12.4 Å². The number of carboxylic acid groups (broad SMARTS) is 1. The summed E-state index contributed by atoms with van der Waals surface area (Å²) in [4.78, 5) is 23.2. The lowest BCUT2D eigenvalue weighted by Crippen LogP contribution is -2.12. The minimum atomic E-state index is -1.08. The number of carbonyl (C=O) groups is 2. The molecule has 0 saturated carbocycles. The van der Waals surface area contributed by atoms with E-state index in [1.165, 1.54) is 12.1 Å². The van der Waals surface area contributed by atoms with Gasteiger partial charge in [-0.15, -0.1) is 0 Å². The molecule has 0 aromatic heterocycles. The van der Waals surface area contributed by atoms with Crippen molar-refractivity contribution in [1.29, 1.82) is 0 Å². The fraction of sp³-hybridized carbons (Fsp3) is 0.222. The summed E-state index contributed by atoms with van der Waals surface area (Å²) in [6, 6.07) is 13.1. The lowest BCUT2D eigenvalue weighted by molar-refractivity contribution is 0.0695. The number of ketones is 1. The summed E-state index contributed by atoms with van der Waals surface area (Å²) in [6.07, 6.45) is -0.0992. The Hall–Kier alpha value is -2.82. The van der Waals surface area contributed by atoms with Crippen molar-refractivity contribution in [3.63, 3.8) is 0 Å². The second-order valence-corrected chi connectivity index (χ2v) is 5.24. The molecule has 0 aliphatic heterocycles. The Morgan fingerprint density at radius 1 is 1.00 bits per heavy atom. The largest absolute Gasteiger partial charge is 0.491 e. The molecule has 0 aliphatic rings. The van der Waals surface area contributed by atoms with Crippen LogP contribution in [0.2, 0.25) is 0 Å². The summed E-state index contributed by atoms with van der Waals surface area (Å²) in [5.41, 5.74) is 0.589. The van der Waals surface area contributed by atoms with Crippen LogP contribution >= 0.6 is 0 Å². The van der Waals surface area contributed by atoms with Gasteiger partial charge in [0.1, 0.15) is 11.5 Å². The van der Waals surface area contributed by atoms with Gasteiger partial charge in [0.2, 0.25) is 0 Å². The van der Waals surface area contributed by atoms with Crippen LogP contribution < -0.4 is 9.47 Å². The maximum Gasteiger partial charge on any atom is 0.335 e. The third-order valence-electron chi connectivity index (χ3n) is 2.96. The van der Waals surface area contributed by atoms with Crippen molar-refractivity contribution in [3.05, 3.63) is 59.7 Å². The molecular weight excluding hydrogens is 296 g/mol. The van der Waals surface area contributed by atoms with Gasteiger partial charge in [-0.1, -0.05) is 30.3 Å². The maximum absolute atomic E-state index is 12.0. The van der Waals surface area contributed by atoms with E-state index < -0.39 is 5.97 Å². The number of Topliss-reactive ketones (excluding diaryl/α,β-unsaturated/α-hetero) is 1. The van der Waals surface area contributed by atoms with Gasteiger partial charge in [0, 0.05) is 11.6 Å². The molecule has 1 N–H and O–H groups in total. The standard InChI is InChI=1S/C18H18O5/c1-12(2)23-16-9-14(18(20)21)8-15(10-16)22-11-17(19)13-6-4-3-5-7-13/h3-10,12H,11H2,1-2H3,(H,20,21). The number of hydrogen-bond donors (Lipinski definition) is 1. The average molecular weight is 314 g/mol. The molecule has 2 aromatic carbocycles. The second kappa shape index (κ2) is 7.45. The number of benzene rings is 2. The molecule has 0 radical (unpaired) electrons. The van der Waals surface area contributed by atoms with Crippen molar-refractivity contribution >= 4 is 11.8 Å². The molecule has 0 fully saturated rings. The van der Waals surface area contributed by atoms with Crippen LogP contribution in [-0.2, 0) is 0 Å². The first kappa shape index (κ1) is 16.5. The monoisotopic (exact) mass is 314 g/mol. The molecular formula is C18H18O5. The molecule has 2 rings (SSSR count). The Kier molecular flexibility index (Phi) is 5.36. The quantitative estimate of drug-likeness (QED) is 0.793. The van der Waals surface area contributed by atoms with E-state index in [1.807, 2.05) is 19.9 Å². The molecule has 0 heterocycles. The predicted octanol–water partition coefficient (Wildman–Crippen LogP) is 3.43. The minimum Gasteiger partial charge on any atom is -0.491 e. The highest BCUT2D eigenvalue weighted by Gasteiger charge is 2.12. The Morgan fingerprint density at radius 3 is 2.26 bits per heavy atom. The zero-order valence-corrected chi connectivity index (χ0v) is 13.0. The molecule has 0 unspecified atom stereocenters. The van der Waals surface area contributed by atoms with E-state index in [1.54, 1.807) is 30.3 Å². The Balaban J connectivity index is 2.13. The molecule has 23 heavy (non-hydrogen) atoms. The fourth-order valence-electron chi connectivity index (χ4n) is 1.98. The van der Waals surface area contributed by atoms with Gasteiger partial charge in [0.25, 0.3) is 0 Å². The topological polar surface area (TPSA) is 72.8 Å². The number of carboxylic acids is 1. The van der Waals surface area contributed by atoms with Crippen molar-refractivity contribution < 1.29 is 24.2 Å². The Bertz CT molecular complexity index is 692. The van der Waals surface area contributed by atoms with Crippen LogP contribution in [0.15, 0.2) is 48.5 Å². The molecule has 0 saturated heterocycles. The Morgan fingerprint density at radius 2 is 1.65 bits per heavy atom. The van der Waals surface area contributed by atoms with Crippen LogP contribution in [0.3, 0.4) is 0 Å². The number of rotatable bonds is 7. The summed E-state index contributed by atoms with van der Waals surface area (Å²) in [5.74, 6) is -0.594. The van der Waals surface area contributed by atoms with Crippen molar-refractivity contribution in [2.24, 2.45) is 0 Å². The number of ether oxygens (including phenoxy) is 2. The molecule has 0 aliphatic carbocycles. The van der Waals surface area contributed by atoms with Crippen LogP contribution in [0.5, 0.6) is 11.5 Å². The van der Waals surface area contributed by atoms with Crippen LogP contribution in [-0.4, -0.2) is 29.6 Å².